The number of carbonyl (C=O) groups is 1. The molecule has 0 saturated carbocycles. The number of nitrogens with zero attached hydrogens (tertiary/aromatic N) is 1. The van der Waals surface area contributed by atoms with Crippen LogP contribution in [0.4, 0.5) is 14.5 Å². The van der Waals surface area contributed by atoms with Crippen molar-refractivity contribution < 1.29 is 26.7 Å². The van der Waals surface area contributed by atoms with Crippen molar-refractivity contribution in [3.05, 3.63) is 54.1 Å². The minimum atomic E-state index is -3.25. The molecule has 0 aliphatic carbocycles. The fraction of sp³-hybridized carbons (Fsp3) is 0.458. The molecule has 9 heteroatoms. The lowest BCUT2D eigenvalue weighted by atomic mass is 9.95. The van der Waals surface area contributed by atoms with Crippen LogP contribution in [0.3, 0.4) is 0 Å². The van der Waals surface area contributed by atoms with Crippen molar-refractivity contribution in [1.29, 1.82) is 0 Å². The van der Waals surface area contributed by atoms with E-state index in [1.54, 1.807) is 26.0 Å². The number of amides is 1. The number of anilines is 1. The Bertz CT molecular complexity index is 1140. The number of rotatable bonds is 6. The van der Waals surface area contributed by atoms with Crippen LogP contribution < -0.4 is 15.0 Å². The summed E-state index contributed by atoms with van der Waals surface area (Å²) < 4.78 is 56.2. The van der Waals surface area contributed by atoms with Crippen LogP contribution in [0.1, 0.15) is 39.5 Å². The number of carbonyl (C=O) groups excluding carboxylic acids is 1. The van der Waals surface area contributed by atoms with E-state index < -0.39 is 27.1 Å². The standard InChI is InChI=1S/C24H28F2N2O4S/c1-24(2,32-22-11-4-15(25)12-21(22)26)23(29)27-16-13-18-5-6-19(14-16)28(18)17-7-9-20(10-8-17)33(3,30)31/h4,7-12,16,18-19H,5-6,13-14H2,1-3H3,(H,27,29). The third-order valence-corrected chi connectivity index (χ3v) is 7.57. The summed E-state index contributed by atoms with van der Waals surface area (Å²) in [5, 5.41) is 3.05. The highest BCUT2D eigenvalue weighted by atomic mass is 32.2. The maximum Gasteiger partial charge on any atom is 0.263 e. The van der Waals surface area contributed by atoms with Crippen LogP contribution in [0.2, 0.25) is 0 Å². The number of benzene rings is 2. The molecule has 2 heterocycles. The van der Waals surface area contributed by atoms with Crippen molar-refractivity contribution in [3.63, 3.8) is 0 Å². The third-order valence-electron chi connectivity index (χ3n) is 6.44. The van der Waals surface area contributed by atoms with Gasteiger partial charge < -0.3 is 15.0 Å². The molecule has 2 aromatic carbocycles. The first-order chi connectivity index (χ1) is 15.4. The Morgan fingerprint density at radius 3 is 2.21 bits per heavy atom. The molecule has 2 aromatic rings. The molecule has 0 aromatic heterocycles. The van der Waals surface area contributed by atoms with Crippen LogP contribution in [0.25, 0.3) is 0 Å². The molecule has 1 amide bonds. The Morgan fingerprint density at radius 1 is 1.06 bits per heavy atom. The second-order valence-electron chi connectivity index (χ2n) is 9.39. The van der Waals surface area contributed by atoms with Crippen LogP contribution in [-0.2, 0) is 14.6 Å². The molecule has 2 bridgehead atoms. The number of fused-ring (bicyclic) bond motifs is 2. The minimum Gasteiger partial charge on any atom is -0.475 e. The second kappa shape index (κ2) is 8.59. The van der Waals surface area contributed by atoms with Crippen molar-refractivity contribution in [2.75, 3.05) is 11.2 Å². The molecule has 0 radical (unpaired) electrons. The topological polar surface area (TPSA) is 75.7 Å². The summed E-state index contributed by atoms with van der Waals surface area (Å²) in [6, 6.07) is 10.3. The Morgan fingerprint density at radius 2 is 1.67 bits per heavy atom. The molecule has 6 nitrogen and oxygen atoms in total. The maximum atomic E-state index is 14.0. The van der Waals surface area contributed by atoms with Crippen LogP contribution >= 0.6 is 0 Å². The molecule has 0 spiro atoms. The van der Waals surface area contributed by atoms with Crippen molar-refractivity contribution in [3.8, 4) is 5.75 Å². The molecule has 2 aliphatic rings. The minimum absolute atomic E-state index is 0.0533. The van der Waals surface area contributed by atoms with E-state index in [2.05, 4.69) is 10.2 Å². The van der Waals surface area contributed by atoms with Gasteiger partial charge in [-0.05, 0) is 75.9 Å². The van der Waals surface area contributed by atoms with Crippen molar-refractivity contribution in [2.24, 2.45) is 0 Å². The van der Waals surface area contributed by atoms with Gasteiger partial charge in [0.1, 0.15) is 5.82 Å². The van der Waals surface area contributed by atoms with Gasteiger partial charge in [-0.25, -0.2) is 17.2 Å². The van der Waals surface area contributed by atoms with Gasteiger partial charge in [0.15, 0.2) is 27.0 Å². The first-order valence-electron chi connectivity index (χ1n) is 11.0. The van der Waals surface area contributed by atoms with Gasteiger partial charge in [0, 0.05) is 36.1 Å². The van der Waals surface area contributed by atoms with Crippen LogP contribution in [0.5, 0.6) is 5.75 Å². The molecule has 2 atom stereocenters. The number of hydrogen-bond acceptors (Lipinski definition) is 5. The van der Waals surface area contributed by atoms with Gasteiger partial charge in [0.05, 0.1) is 4.90 Å². The number of hydrogen-bond donors (Lipinski definition) is 1. The molecule has 2 saturated heterocycles. The number of piperidine rings is 1. The molecule has 2 fully saturated rings. The highest BCUT2D eigenvalue weighted by Gasteiger charge is 2.42. The Kier molecular flexibility index (Phi) is 6.11. The molecule has 1 N–H and O–H groups in total. The second-order valence-corrected chi connectivity index (χ2v) is 11.4. The summed E-state index contributed by atoms with van der Waals surface area (Å²) in [5.41, 5.74) is -0.355. The third kappa shape index (κ3) is 4.98. The number of nitrogens with one attached hydrogen (secondary N) is 1. The van der Waals surface area contributed by atoms with Gasteiger partial charge in [0.25, 0.3) is 5.91 Å². The van der Waals surface area contributed by atoms with Crippen molar-refractivity contribution >= 4 is 21.4 Å². The zero-order chi connectivity index (χ0) is 24.0. The van der Waals surface area contributed by atoms with E-state index in [1.165, 1.54) is 12.3 Å². The molecule has 33 heavy (non-hydrogen) atoms. The number of ether oxygens (including phenoxy) is 1. The van der Waals surface area contributed by atoms with Gasteiger partial charge >= 0.3 is 0 Å². The Labute approximate surface area is 192 Å². The molecule has 178 valence electrons. The van der Waals surface area contributed by atoms with E-state index in [0.29, 0.717) is 4.90 Å². The predicted octanol–water partition coefficient (Wildman–Crippen LogP) is 3.84. The lowest BCUT2D eigenvalue weighted by molar-refractivity contribution is -0.135. The lowest BCUT2D eigenvalue weighted by Gasteiger charge is -2.41. The lowest BCUT2D eigenvalue weighted by Crippen LogP contribution is -2.55. The largest absolute Gasteiger partial charge is 0.475 e. The van der Waals surface area contributed by atoms with Crippen LogP contribution in [0, 0.1) is 11.6 Å². The maximum absolute atomic E-state index is 14.0. The monoisotopic (exact) mass is 478 g/mol. The Balaban J connectivity index is 1.41. The summed E-state index contributed by atoms with van der Waals surface area (Å²) in [6.07, 6.45) is 4.67. The molecule has 2 aliphatic heterocycles. The van der Waals surface area contributed by atoms with Gasteiger partial charge in [-0.2, -0.15) is 0 Å². The first kappa shape index (κ1) is 23.5. The first-order valence-corrected chi connectivity index (χ1v) is 12.9. The van der Waals surface area contributed by atoms with Gasteiger partial charge in [-0.15, -0.1) is 0 Å². The molecule has 4 rings (SSSR count). The van der Waals surface area contributed by atoms with E-state index in [4.69, 9.17) is 4.74 Å². The average molecular weight is 479 g/mol. The van der Waals surface area contributed by atoms with E-state index in [0.717, 1.165) is 43.5 Å². The predicted molar refractivity (Wildman–Crippen MR) is 121 cm³/mol. The van der Waals surface area contributed by atoms with Crippen molar-refractivity contribution in [1.82, 2.24) is 5.32 Å². The quantitative estimate of drug-likeness (QED) is 0.683. The summed E-state index contributed by atoms with van der Waals surface area (Å²) in [7, 11) is -3.25. The van der Waals surface area contributed by atoms with Crippen LogP contribution in [-0.4, -0.2) is 44.3 Å². The summed E-state index contributed by atoms with van der Waals surface area (Å²) >= 11 is 0. The van der Waals surface area contributed by atoms with Gasteiger partial charge in [0.2, 0.25) is 0 Å². The van der Waals surface area contributed by atoms with Gasteiger partial charge in [-0.3, -0.25) is 4.79 Å². The zero-order valence-corrected chi connectivity index (χ0v) is 19.7. The Hall–Kier alpha value is -2.68. The normalized spacial score (nSPS) is 22.8. The summed E-state index contributed by atoms with van der Waals surface area (Å²) in [4.78, 5) is 15.5. The molecular weight excluding hydrogens is 450 g/mol. The smallest absolute Gasteiger partial charge is 0.263 e. The van der Waals surface area contributed by atoms with E-state index in [1.807, 2.05) is 12.1 Å². The SMILES string of the molecule is CC(C)(Oc1ccc(F)cc1F)C(=O)NC1CC2CCC(C1)N2c1ccc(S(C)(=O)=O)cc1. The number of sulfone groups is 1. The van der Waals surface area contributed by atoms with Crippen LogP contribution in [0.15, 0.2) is 47.4 Å². The summed E-state index contributed by atoms with van der Waals surface area (Å²) in [5.74, 6) is -2.11. The van der Waals surface area contributed by atoms with E-state index in [-0.39, 0.29) is 29.8 Å². The fourth-order valence-electron chi connectivity index (χ4n) is 4.82. The zero-order valence-electron chi connectivity index (χ0n) is 18.8. The molecule has 2 unspecified atom stereocenters. The highest BCUT2D eigenvalue weighted by molar-refractivity contribution is 7.90. The van der Waals surface area contributed by atoms with Crippen molar-refractivity contribution in [2.45, 2.75) is 68.2 Å². The van der Waals surface area contributed by atoms with E-state index >= 15 is 0 Å². The highest BCUT2D eigenvalue weighted by Crippen LogP contribution is 2.39. The van der Waals surface area contributed by atoms with Gasteiger partial charge in [-0.1, -0.05) is 0 Å². The fourth-order valence-corrected chi connectivity index (χ4v) is 5.45. The molecular formula is C24H28F2N2O4S. The summed E-state index contributed by atoms with van der Waals surface area (Å²) in [6.45, 7) is 3.11. The number of halogens is 2. The van der Waals surface area contributed by atoms with E-state index in [9.17, 15) is 22.0 Å². The average Bonchev–Trinajstić information content (AvgIpc) is 3.00.